The predicted octanol–water partition coefficient (Wildman–Crippen LogP) is 1.89. The molecule has 0 radical (unpaired) electrons. The van der Waals surface area contributed by atoms with E-state index in [4.69, 9.17) is 4.55 Å². The highest BCUT2D eigenvalue weighted by molar-refractivity contribution is 7.81. The van der Waals surface area contributed by atoms with Crippen LogP contribution in [-0.4, -0.2) is 13.0 Å². The van der Waals surface area contributed by atoms with Crippen LogP contribution in [0.4, 0.5) is 13.2 Å². The van der Waals surface area contributed by atoms with E-state index in [1.54, 1.807) is 0 Å². The molecule has 1 aromatic rings. The van der Waals surface area contributed by atoms with E-state index in [-0.39, 0.29) is 0 Å². The number of hydrogen-bond donors (Lipinski definition) is 1. The monoisotopic (exact) mass is 242 g/mol. The van der Waals surface area contributed by atoms with Crippen molar-refractivity contribution in [1.82, 2.24) is 0 Å². The smallest absolute Gasteiger partial charge is 0.362 e. The minimum absolute atomic E-state index is 0.466. The maximum absolute atomic E-state index is 12.1. The van der Waals surface area contributed by atoms with E-state index in [9.17, 15) is 21.6 Å². The number of rotatable bonds is 2. The van der Waals surface area contributed by atoms with Gasteiger partial charge in [0.1, 0.15) is 5.75 Å². The first-order chi connectivity index (χ1) is 6.68. The molecule has 15 heavy (non-hydrogen) atoms. The summed E-state index contributed by atoms with van der Waals surface area (Å²) < 4.78 is 68.9. The molecule has 0 spiro atoms. The Morgan fingerprint density at radius 1 is 1.27 bits per heavy atom. The van der Waals surface area contributed by atoms with E-state index in [2.05, 4.69) is 4.18 Å². The van der Waals surface area contributed by atoms with Gasteiger partial charge in [0, 0.05) is 0 Å². The van der Waals surface area contributed by atoms with E-state index in [0.717, 1.165) is 18.2 Å². The van der Waals surface area contributed by atoms with Gasteiger partial charge in [-0.25, -0.2) is 0 Å². The quantitative estimate of drug-likeness (QED) is 0.804. The zero-order valence-corrected chi connectivity index (χ0v) is 7.84. The molecule has 0 aromatic heterocycles. The Morgan fingerprint density at radius 3 is 2.33 bits per heavy atom. The van der Waals surface area contributed by atoms with Gasteiger partial charge in [-0.3, -0.25) is 4.55 Å². The van der Waals surface area contributed by atoms with Gasteiger partial charge in [0.25, 0.3) is 0 Å². The summed E-state index contributed by atoms with van der Waals surface area (Å²) in [4.78, 5) is 0. The fraction of sp³-hybridized carbons (Fsp3) is 0.143. The number of benzene rings is 1. The summed E-state index contributed by atoms with van der Waals surface area (Å²) in [6, 6.07) is 3.15. The molecule has 0 aliphatic carbocycles. The van der Waals surface area contributed by atoms with Crippen molar-refractivity contribution in [3.8, 4) is 5.75 Å². The van der Waals surface area contributed by atoms with Gasteiger partial charge in [-0.1, -0.05) is 6.07 Å². The second-order valence-corrected chi connectivity index (χ2v) is 3.56. The molecule has 84 valence electrons. The summed E-state index contributed by atoms with van der Waals surface area (Å²) in [6.07, 6.45) is -4.60. The van der Waals surface area contributed by atoms with Gasteiger partial charge in [0.2, 0.25) is 0 Å². The summed E-state index contributed by atoms with van der Waals surface area (Å²) in [7, 11) is -4.81. The maximum Gasteiger partial charge on any atom is 0.446 e. The van der Waals surface area contributed by atoms with Gasteiger partial charge in [-0.05, 0) is 18.2 Å². The van der Waals surface area contributed by atoms with Crippen LogP contribution in [0.2, 0.25) is 0 Å². The summed E-state index contributed by atoms with van der Waals surface area (Å²) in [5.74, 6) is -0.604. The zero-order valence-electron chi connectivity index (χ0n) is 7.02. The van der Waals surface area contributed by atoms with Crippen molar-refractivity contribution in [2.45, 2.75) is 6.18 Å². The van der Waals surface area contributed by atoms with Crippen LogP contribution in [0.5, 0.6) is 5.75 Å². The molecule has 1 aromatic carbocycles. The van der Waals surface area contributed by atoms with Gasteiger partial charge in [-0.15, -0.1) is 0 Å². The van der Waals surface area contributed by atoms with Crippen LogP contribution in [0.25, 0.3) is 0 Å². The number of alkyl halides is 3. The Labute approximate surface area is 83.2 Å². The van der Waals surface area contributed by atoms with Gasteiger partial charge in [-0.2, -0.15) is 21.6 Å². The van der Waals surface area contributed by atoms with E-state index < -0.39 is 27.9 Å². The Hall–Kier alpha value is -1.28. The minimum Gasteiger partial charge on any atom is -0.362 e. The molecule has 0 saturated carbocycles. The van der Waals surface area contributed by atoms with Gasteiger partial charge in [0.05, 0.1) is 5.56 Å². The van der Waals surface area contributed by atoms with Gasteiger partial charge < -0.3 is 4.18 Å². The molecular formula is C7H5F3O4S. The number of hydrogen-bond acceptors (Lipinski definition) is 3. The van der Waals surface area contributed by atoms with Crippen molar-refractivity contribution in [3.63, 3.8) is 0 Å². The molecule has 0 atom stereocenters. The van der Waals surface area contributed by atoms with Crippen molar-refractivity contribution < 1.29 is 30.3 Å². The topological polar surface area (TPSA) is 63.6 Å². The lowest BCUT2D eigenvalue weighted by Crippen LogP contribution is -2.09. The van der Waals surface area contributed by atoms with Crippen LogP contribution in [0.1, 0.15) is 5.56 Å². The van der Waals surface area contributed by atoms with E-state index in [1.807, 2.05) is 0 Å². The second kappa shape index (κ2) is 3.70. The lowest BCUT2D eigenvalue weighted by molar-refractivity contribution is -0.137. The molecule has 0 bridgehead atoms. The summed E-state index contributed by atoms with van der Waals surface area (Å²) in [5.41, 5.74) is -1.07. The maximum atomic E-state index is 12.1. The molecule has 0 aliphatic heterocycles. The molecule has 4 nitrogen and oxygen atoms in total. The van der Waals surface area contributed by atoms with E-state index in [0.29, 0.717) is 6.07 Å². The Kier molecular flexibility index (Phi) is 2.91. The molecule has 0 aliphatic rings. The average Bonchev–Trinajstić information content (AvgIpc) is 1.99. The third-order valence-electron chi connectivity index (χ3n) is 1.36. The summed E-state index contributed by atoms with van der Waals surface area (Å²) in [5, 5.41) is 0. The first kappa shape index (κ1) is 11.8. The highest BCUT2D eigenvalue weighted by Crippen LogP contribution is 2.31. The Balaban J connectivity index is 3.04. The minimum atomic E-state index is -4.81. The van der Waals surface area contributed by atoms with Crippen molar-refractivity contribution in [2.75, 3.05) is 0 Å². The predicted molar refractivity (Wildman–Crippen MR) is 43.6 cm³/mol. The van der Waals surface area contributed by atoms with Crippen molar-refractivity contribution in [1.29, 1.82) is 0 Å². The van der Waals surface area contributed by atoms with Crippen molar-refractivity contribution in [3.05, 3.63) is 29.8 Å². The largest absolute Gasteiger partial charge is 0.446 e. The van der Waals surface area contributed by atoms with E-state index in [1.165, 1.54) is 0 Å². The molecule has 0 heterocycles. The first-order valence-electron chi connectivity index (χ1n) is 3.53. The lowest BCUT2D eigenvalue weighted by atomic mass is 10.2. The molecule has 0 unspecified atom stereocenters. The van der Waals surface area contributed by atoms with Crippen LogP contribution in [0, 0.1) is 0 Å². The lowest BCUT2D eigenvalue weighted by Gasteiger charge is -2.07. The van der Waals surface area contributed by atoms with Crippen LogP contribution in [-0.2, 0) is 16.6 Å². The molecule has 8 heteroatoms. The fourth-order valence-electron chi connectivity index (χ4n) is 0.846. The highest BCUT2D eigenvalue weighted by atomic mass is 32.3. The van der Waals surface area contributed by atoms with Crippen molar-refractivity contribution in [2.24, 2.45) is 0 Å². The van der Waals surface area contributed by atoms with Crippen LogP contribution < -0.4 is 4.18 Å². The Morgan fingerprint density at radius 2 is 1.87 bits per heavy atom. The van der Waals surface area contributed by atoms with Gasteiger partial charge >= 0.3 is 16.6 Å². The van der Waals surface area contributed by atoms with Crippen molar-refractivity contribution >= 4 is 10.4 Å². The van der Waals surface area contributed by atoms with Crippen LogP contribution in [0.15, 0.2) is 24.3 Å². The number of halogens is 3. The standard InChI is InChI=1S/C7H5F3O4S/c8-7(9,10)5-2-1-3-6(4-5)14-15(11,12)13/h1-4H,(H,11,12,13). The highest BCUT2D eigenvalue weighted by Gasteiger charge is 2.30. The molecule has 1 rings (SSSR count). The SMILES string of the molecule is O=S(=O)(O)Oc1cccc(C(F)(F)F)c1. The first-order valence-corrected chi connectivity index (χ1v) is 4.89. The fourth-order valence-corrected chi connectivity index (χ4v) is 1.19. The van der Waals surface area contributed by atoms with Crippen LogP contribution in [0.3, 0.4) is 0 Å². The summed E-state index contributed by atoms with van der Waals surface area (Å²) >= 11 is 0. The zero-order chi connectivity index (χ0) is 11.7. The van der Waals surface area contributed by atoms with Crippen LogP contribution >= 0.6 is 0 Å². The van der Waals surface area contributed by atoms with E-state index >= 15 is 0 Å². The third-order valence-corrected chi connectivity index (χ3v) is 1.77. The summed E-state index contributed by atoms with van der Waals surface area (Å²) in [6.45, 7) is 0. The third kappa shape index (κ3) is 3.76. The van der Waals surface area contributed by atoms with Gasteiger partial charge in [0.15, 0.2) is 0 Å². The normalized spacial score (nSPS) is 12.5. The molecule has 1 N–H and O–H groups in total. The molecule has 0 amide bonds. The molecule has 0 saturated heterocycles. The average molecular weight is 242 g/mol. The Bertz CT molecular complexity index is 452. The molecular weight excluding hydrogens is 237 g/mol. The second-order valence-electron chi connectivity index (χ2n) is 2.54. The molecule has 0 fully saturated rings.